The van der Waals surface area contributed by atoms with E-state index in [1.54, 1.807) is 18.2 Å². The number of fused-ring (bicyclic) bond motifs is 2. The van der Waals surface area contributed by atoms with Crippen molar-refractivity contribution in [3.63, 3.8) is 0 Å². The van der Waals surface area contributed by atoms with Crippen LogP contribution in [0.4, 0.5) is 15.3 Å². The van der Waals surface area contributed by atoms with E-state index in [2.05, 4.69) is 32.2 Å². The van der Waals surface area contributed by atoms with Gasteiger partial charge in [0.05, 0.1) is 15.2 Å². The summed E-state index contributed by atoms with van der Waals surface area (Å²) in [5.41, 5.74) is 13.2. The van der Waals surface area contributed by atoms with Crippen LogP contribution in [-0.4, -0.2) is 59.2 Å². The molecule has 1 saturated heterocycles. The molecule has 4 aromatic rings. The van der Waals surface area contributed by atoms with Gasteiger partial charge in [0.1, 0.15) is 17.9 Å². The first kappa shape index (κ1) is 23.0. The van der Waals surface area contributed by atoms with Crippen LogP contribution in [0.5, 0.6) is 6.01 Å². The molecule has 2 aromatic heterocycles. The summed E-state index contributed by atoms with van der Waals surface area (Å²) in [7, 11) is 2.07. The molecule has 34 heavy (non-hydrogen) atoms. The van der Waals surface area contributed by atoms with Crippen molar-refractivity contribution in [3.8, 4) is 17.1 Å². The average Bonchev–Trinajstić information content (AvgIpc) is 3.41. The highest BCUT2D eigenvalue weighted by atomic mass is 35.5. The Morgan fingerprint density at radius 1 is 1.32 bits per heavy atom. The molecule has 0 saturated carbocycles. The summed E-state index contributed by atoms with van der Waals surface area (Å²) in [6.45, 7) is 2.30. The minimum atomic E-state index is -0.553. The van der Waals surface area contributed by atoms with Gasteiger partial charge in [0.25, 0.3) is 0 Å². The van der Waals surface area contributed by atoms with Gasteiger partial charge in [0, 0.05) is 35.6 Å². The molecule has 0 unspecified atom stereocenters. The Labute approximate surface area is 205 Å². The first-order chi connectivity index (χ1) is 16.5. The van der Waals surface area contributed by atoms with Gasteiger partial charge in [-0.2, -0.15) is 9.97 Å². The highest BCUT2D eigenvalue weighted by Gasteiger charge is 2.24. The van der Waals surface area contributed by atoms with Crippen LogP contribution in [0, 0.1) is 5.82 Å². The van der Waals surface area contributed by atoms with Crippen LogP contribution in [0.2, 0.25) is 5.02 Å². The van der Waals surface area contributed by atoms with E-state index >= 15 is 4.39 Å². The molecule has 1 fully saturated rings. The fourth-order valence-corrected chi connectivity index (χ4v) is 5.48. The molecule has 2 aromatic carbocycles. The van der Waals surface area contributed by atoms with Crippen LogP contribution in [0.15, 0.2) is 24.3 Å². The predicted molar refractivity (Wildman–Crippen MR) is 136 cm³/mol. The third kappa shape index (κ3) is 4.22. The van der Waals surface area contributed by atoms with Crippen LogP contribution >= 0.6 is 22.9 Å². The van der Waals surface area contributed by atoms with Crippen molar-refractivity contribution in [1.29, 1.82) is 0 Å². The molecule has 0 bridgehead atoms. The molecule has 8 nitrogen and oxygen atoms in total. The number of hydrogen-bond acceptors (Lipinski definition) is 9. The lowest BCUT2D eigenvalue weighted by Crippen LogP contribution is -2.31. The summed E-state index contributed by atoms with van der Waals surface area (Å²) >= 11 is 7.92. The van der Waals surface area contributed by atoms with Crippen LogP contribution in [0.3, 0.4) is 0 Å². The molecule has 1 aliphatic rings. The van der Waals surface area contributed by atoms with Gasteiger partial charge in [-0.05, 0) is 38.6 Å². The van der Waals surface area contributed by atoms with E-state index in [9.17, 15) is 0 Å². The number of nitrogens with two attached hydrogens (primary N) is 2. The zero-order valence-electron chi connectivity index (χ0n) is 18.6. The topological polar surface area (TPSA) is 115 Å². The second-order valence-electron chi connectivity index (χ2n) is 8.31. The Balaban J connectivity index is 1.63. The lowest BCUT2D eigenvalue weighted by Gasteiger charge is -2.19. The number of likely N-dealkylation sites (tertiary alicyclic amines) is 1. The summed E-state index contributed by atoms with van der Waals surface area (Å²) in [5.74, 6) is -0.124. The standard InChI is InChI=1S/C23H25ClFN7OS/c1-32-9-3-4-12(32)11-33-23-30-19-14(21(31-23)28-8-7-26)10-15(24)17(18(19)25)13-5-2-6-16-20(13)34-22(27)29-16/h2,5-6,10,12H,3-4,7-9,11,26H2,1H3,(H2,27,29)(H,28,30,31)/t12-/m0/s1. The zero-order chi connectivity index (χ0) is 23.8. The lowest BCUT2D eigenvalue weighted by atomic mass is 10.0. The number of nitrogen functional groups attached to an aromatic ring is 1. The largest absolute Gasteiger partial charge is 0.462 e. The number of halogens is 2. The predicted octanol–water partition coefficient (Wildman–Crippen LogP) is 4.12. The van der Waals surface area contributed by atoms with Crippen LogP contribution in [-0.2, 0) is 0 Å². The normalized spacial score (nSPS) is 16.5. The number of nitrogens with zero attached hydrogens (tertiary/aromatic N) is 4. The number of likely N-dealkylation sites (N-methyl/N-ethyl adjacent to an activating group) is 1. The number of nitrogens with one attached hydrogen (secondary N) is 1. The molecule has 5 rings (SSSR count). The van der Waals surface area contributed by atoms with Crippen LogP contribution in [0.25, 0.3) is 32.2 Å². The fraction of sp³-hybridized carbons (Fsp3) is 0.348. The van der Waals surface area contributed by atoms with Crippen molar-refractivity contribution in [3.05, 3.63) is 35.1 Å². The minimum absolute atomic E-state index is 0.111. The van der Waals surface area contributed by atoms with Gasteiger partial charge in [-0.3, -0.25) is 0 Å². The SMILES string of the molecule is CN1CCC[C@H]1COc1nc(NCCN)c2cc(Cl)c(-c3cccc4nc(N)sc34)c(F)c2n1. The van der Waals surface area contributed by atoms with Gasteiger partial charge in [-0.15, -0.1) is 0 Å². The minimum Gasteiger partial charge on any atom is -0.462 e. The van der Waals surface area contributed by atoms with Gasteiger partial charge in [0.2, 0.25) is 0 Å². The first-order valence-electron chi connectivity index (χ1n) is 11.1. The number of hydrogen-bond donors (Lipinski definition) is 3. The van der Waals surface area contributed by atoms with Crippen molar-refractivity contribution in [2.75, 3.05) is 44.3 Å². The number of aromatic nitrogens is 3. The van der Waals surface area contributed by atoms with Gasteiger partial charge in [-0.1, -0.05) is 35.1 Å². The Kier molecular flexibility index (Phi) is 6.39. The number of benzene rings is 2. The van der Waals surface area contributed by atoms with Crippen molar-refractivity contribution < 1.29 is 9.13 Å². The second kappa shape index (κ2) is 9.46. The van der Waals surface area contributed by atoms with E-state index in [1.807, 2.05) is 6.07 Å². The first-order valence-corrected chi connectivity index (χ1v) is 12.3. The second-order valence-corrected chi connectivity index (χ2v) is 9.75. The molecule has 11 heteroatoms. The molecular weight excluding hydrogens is 477 g/mol. The van der Waals surface area contributed by atoms with Crippen molar-refractivity contribution in [2.24, 2.45) is 5.73 Å². The van der Waals surface area contributed by atoms with E-state index in [0.717, 1.165) is 24.1 Å². The molecular formula is C23H25ClFN7OS. The molecule has 0 spiro atoms. The summed E-state index contributed by atoms with van der Waals surface area (Å²) in [5, 5.41) is 4.25. The Bertz CT molecular complexity index is 1360. The Morgan fingerprint density at radius 2 is 2.18 bits per heavy atom. The maximum Gasteiger partial charge on any atom is 0.319 e. The number of anilines is 2. The van der Waals surface area contributed by atoms with Gasteiger partial charge in [0.15, 0.2) is 10.9 Å². The Morgan fingerprint density at radius 3 is 2.94 bits per heavy atom. The third-order valence-electron chi connectivity index (χ3n) is 6.08. The number of thiazole rings is 1. The smallest absolute Gasteiger partial charge is 0.319 e. The number of rotatable bonds is 7. The molecule has 5 N–H and O–H groups in total. The highest BCUT2D eigenvalue weighted by molar-refractivity contribution is 7.22. The Hall–Kier alpha value is -2.79. The van der Waals surface area contributed by atoms with E-state index in [1.165, 1.54) is 11.3 Å². The summed E-state index contributed by atoms with van der Waals surface area (Å²) in [6, 6.07) is 7.50. The molecule has 0 aliphatic carbocycles. The van der Waals surface area contributed by atoms with E-state index in [4.69, 9.17) is 27.8 Å². The zero-order valence-corrected chi connectivity index (χ0v) is 20.2. The van der Waals surface area contributed by atoms with Crippen molar-refractivity contribution >= 4 is 55.0 Å². The van der Waals surface area contributed by atoms with Crippen LogP contribution in [0.1, 0.15) is 12.8 Å². The summed E-state index contributed by atoms with van der Waals surface area (Å²) in [4.78, 5) is 15.5. The van der Waals surface area contributed by atoms with E-state index < -0.39 is 5.82 Å². The molecule has 178 valence electrons. The maximum absolute atomic E-state index is 16.1. The molecule has 0 radical (unpaired) electrons. The van der Waals surface area contributed by atoms with Crippen molar-refractivity contribution in [1.82, 2.24) is 19.9 Å². The lowest BCUT2D eigenvalue weighted by molar-refractivity contribution is 0.188. The van der Waals surface area contributed by atoms with E-state index in [0.29, 0.717) is 47.1 Å². The van der Waals surface area contributed by atoms with Gasteiger partial charge < -0.3 is 26.4 Å². The number of ether oxygens (including phenoxy) is 1. The van der Waals surface area contributed by atoms with Gasteiger partial charge >= 0.3 is 6.01 Å². The quantitative estimate of drug-likeness (QED) is 0.346. The average molecular weight is 502 g/mol. The van der Waals surface area contributed by atoms with Crippen LogP contribution < -0.4 is 21.5 Å². The summed E-state index contributed by atoms with van der Waals surface area (Å²) in [6.07, 6.45) is 2.16. The third-order valence-corrected chi connectivity index (χ3v) is 7.31. The molecule has 3 heterocycles. The summed E-state index contributed by atoms with van der Waals surface area (Å²) < 4.78 is 22.8. The van der Waals surface area contributed by atoms with E-state index in [-0.39, 0.29) is 28.2 Å². The monoisotopic (exact) mass is 501 g/mol. The molecule has 1 aliphatic heterocycles. The molecule has 0 amide bonds. The molecule has 1 atom stereocenters. The highest BCUT2D eigenvalue weighted by Crippen LogP contribution is 2.42. The van der Waals surface area contributed by atoms with Gasteiger partial charge in [-0.25, -0.2) is 9.37 Å². The van der Waals surface area contributed by atoms with Crippen molar-refractivity contribution in [2.45, 2.75) is 18.9 Å². The maximum atomic E-state index is 16.1. The fourth-order valence-electron chi connectivity index (χ4n) is 4.34.